The third kappa shape index (κ3) is 3.81. The maximum absolute atomic E-state index is 5.90. The zero-order chi connectivity index (χ0) is 13.8. The molecule has 0 radical (unpaired) electrons. The largest absolute Gasteiger partial charge is 0.455 e. The first kappa shape index (κ1) is 14.6. The van der Waals surface area contributed by atoms with E-state index in [1.807, 2.05) is 43.3 Å². The van der Waals surface area contributed by atoms with E-state index in [0.29, 0.717) is 6.54 Å². The number of aryl methyl sites for hydroxylation is 1. The fourth-order valence-electron chi connectivity index (χ4n) is 1.76. The topological polar surface area (TPSA) is 35.2 Å². The Bertz CT molecular complexity index is 584. The van der Waals surface area contributed by atoms with E-state index >= 15 is 0 Å². The van der Waals surface area contributed by atoms with E-state index in [1.165, 1.54) is 11.1 Å². The van der Waals surface area contributed by atoms with Crippen molar-refractivity contribution in [2.45, 2.75) is 13.3 Å². The normalized spacial score (nSPS) is 10.5. The first-order valence-electron chi connectivity index (χ1n) is 6.02. The molecule has 2 N–H and O–H groups in total. The van der Waals surface area contributed by atoms with Gasteiger partial charge in [-0.2, -0.15) is 0 Å². The van der Waals surface area contributed by atoms with Gasteiger partial charge >= 0.3 is 0 Å². The van der Waals surface area contributed by atoms with E-state index in [0.717, 1.165) is 26.9 Å². The molecule has 0 saturated carbocycles. The predicted octanol–water partition coefficient (Wildman–Crippen LogP) is 4.81. The molecule has 0 unspecified atom stereocenters. The number of benzene rings is 2. The minimum Gasteiger partial charge on any atom is -0.455 e. The molecule has 0 atom stereocenters. The summed E-state index contributed by atoms with van der Waals surface area (Å²) in [6.45, 7) is 2.70. The molecule has 0 aliphatic heterocycles. The average Bonchev–Trinajstić information content (AvgIpc) is 2.36. The van der Waals surface area contributed by atoms with Gasteiger partial charge in [-0.25, -0.2) is 0 Å². The lowest BCUT2D eigenvalue weighted by atomic mass is 10.1. The SMILES string of the molecule is Cc1ccc(Oc2ccc(CCN)cc2Br)c(Br)c1. The quantitative estimate of drug-likeness (QED) is 0.820. The van der Waals surface area contributed by atoms with Gasteiger partial charge in [-0.15, -0.1) is 0 Å². The minimum atomic E-state index is 0.649. The Labute approximate surface area is 130 Å². The summed E-state index contributed by atoms with van der Waals surface area (Å²) in [7, 11) is 0. The van der Waals surface area contributed by atoms with Crippen molar-refractivity contribution in [3.63, 3.8) is 0 Å². The Balaban J connectivity index is 2.23. The predicted molar refractivity (Wildman–Crippen MR) is 85.9 cm³/mol. The van der Waals surface area contributed by atoms with Gasteiger partial charge in [0.1, 0.15) is 11.5 Å². The summed E-state index contributed by atoms with van der Waals surface area (Å²) >= 11 is 7.04. The fraction of sp³-hybridized carbons (Fsp3) is 0.200. The summed E-state index contributed by atoms with van der Waals surface area (Å²) in [6.07, 6.45) is 0.868. The Hall–Kier alpha value is -0.840. The molecule has 0 aromatic heterocycles. The molecule has 2 aromatic rings. The molecule has 0 spiro atoms. The number of nitrogens with two attached hydrogens (primary N) is 1. The highest BCUT2D eigenvalue weighted by Gasteiger charge is 2.07. The Morgan fingerprint density at radius 3 is 2.21 bits per heavy atom. The van der Waals surface area contributed by atoms with Crippen molar-refractivity contribution in [2.24, 2.45) is 5.73 Å². The number of rotatable bonds is 4. The van der Waals surface area contributed by atoms with Gasteiger partial charge < -0.3 is 10.5 Å². The van der Waals surface area contributed by atoms with Crippen LogP contribution in [0.5, 0.6) is 11.5 Å². The van der Waals surface area contributed by atoms with Crippen molar-refractivity contribution in [1.82, 2.24) is 0 Å². The molecule has 0 bridgehead atoms. The van der Waals surface area contributed by atoms with Crippen LogP contribution in [0.25, 0.3) is 0 Å². The highest BCUT2D eigenvalue weighted by molar-refractivity contribution is 9.11. The van der Waals surface area contributed by atoms with Crippen molar-refractivity contribution in [3.05, 3.63) is 56.5 Å². The van der Waals surface area contributed by atoms with Crippen molar-refractivity contribution in [2.75, 3.05) is 6.54 Å². The summed E-state index contributed by atoms with van der Waals surface area (Å²) in [4.78, 5) is 0. The highest BCUT2D eigenvalue weighted by Crippen LogP contribution is 2.34. The number of halogens is 2. The molecule has 2 rings (SSSR count). The van der Waals surface area contributed by atoms with Crippen LogP contribution in [0.3, 0.4) is 0 Å². The molecule has 2 aromatic carbocycles. The molecule has 19 heavy (non-hydrogen) atoms. The molecule has 0 aliphatic rings. The second-order valence-electron chi connectivity index (χ2n) is 4.34. The fourth-order valence-corrected chi connectivity index (χ4v) is 2.84. The van der Waals surface area contributed by atoms with Crippen LogP contribution >= 0.6 is 31.9 Å². The Morgan fingerprint density at radius 2 is 1.63 bits per heavy atom. The number of ether oxygens (including phenoxy) is 1. The summed E-state index contributed by atoms with van der Waals surface area (Å²) < 4.78 is 7.79. The van der Waals surface area contributed by atoms with Crippen LogP contribution in [0.1, 0.15) is 11.1 Å². The Morgan fingerprint density at radius 1 is 1.00 bits per heavy atom. The van der Waals surface area contributed by atoms with E-state index in [2.05, 4.69) is 31.9 Å². The molecule has 0 saturated heterocycles. The number of hydrogen-bond acceptors (Lipinski definition) is 2. The monoisotopic (exact) mass is 383 g/mol. The van der Waals surface area contributed by atoms with Crippen LogP contribution < -0.4 is 10.5 Å². The molecular formula is C15H15Br2NO. The first-order chi connectivity index (χ1) is 9.10. The summed E-state index contributed by atoms with van der Waals surface area (Å²) in [5.41, 5.74) is 7.94. The summed E-state index contributed by atoms with van der Waals surface area (Å²) in [6, 6.07) is 12.1. The minimum absolute atomic E-state index is 0.649. The highest BCUT2D eigenvalue weighted by atomic mass is 79.9. The van der Waals surface area contributed by atoms with E-state index in [1.54, 1.807) is 0 Å². The molecule has 0 heterocycles. The van der Waals surface area contributed by atoms with Crippen molar-refractivity contribution < 1.29 is 4.74 Å². The van der Waals surface area contributed by atoms with Crippen LogP contribution in [0.2, 0.25) is 0 Å². The third-order valence-corrected chi connectivity index (χ3v) is 3.98. The van der Waals surface area contributed by atoms with E-state index in [9.17, 15) is 0 Å². The molecule has 0 aliphatic carbocycles. The molecular weight excluding hydrogens is 370 g/mol. The van der Waals surface area contributed by atoms with Gasteiger partial charge in [-0.3, -0.25) is 0 Å². The zero-order valence-corrected chi connectivity index (χ0v) is 13.8. The van der Waals surface area contributed by atoms with Gasteiger partial charge in [0, 0.05) is 0 Å². The van der Waals surface area contributed by atoms with Crippen LogP contribution in [0.4, 0.5) is 0 Å². The standard InChI is InChI=1S/C15H15Br2NO/c1-10-2-4-14(12(16)8-10)19-15-5-3-11(6-7-18)9-13(15)17/h2-5,8-9H,6-7,18H2,1H3. The first-order valence-corrected chi connectivity index (χ1v) is 7.61. The molecule has 4 heteroatoms. The van der Waals surface area contributed by atoms with E-state index in [-0.39, 0.29) is 0 Å². The molecule has 0 amide bonds. The van der Waals surface area contributed by atoms with Gasteiger partial charge in [0.05, 0.1) is 8.95 Å². The lowest BCUT2D eigenvalue weighted by molar-refractivity contribution is 0.476. The van der Waals surface area contributed by atoms with Gasteiger partial charge in [-0.1, -0.05) is 12.1 Å². The third-order valence-electron chi connectivity index (χ3n) is 2.74. The van der Waals surface area contributed by atoms with Crippen LogP contribution in [-0.4, -0.2) is 6.54 Å². The van der Waals surface area contributed by atoms with Gasteiger partial charge in [0.15, 0.2) is 0 Å². The van der Waals surface area contributed by atoms with Crippen molar-refractivity contribution >= 4 is 31.9 Å². The molecule has 0 fully saturated rings. The average molecular weight is 385 g/mol. The van der Waals surface area contributed by atoms with Gasteiger partial charge in [0.25, 0.3) is 0 Å². The maximum Gasteiger partial charge on any atom is 0.141 e. The maximum atomic E-state index is 5.90. The van der Waals surface area contributed by atoms with E-state index < -0.39 is 0 Å². The van der Waals surface area contributed by atoms with E-state index in [4.69, 9.17) is 10.5 Å². The zero-order valence-electron chi connectivity index (χ0n) is 10.6. The van der Waals surface area contributed by atoms with Crippen LogP contribution in [0, 0.1) is 6.92 Å². The molecule has 2 nitrogen and oxygen atoms in total. The van der Waals surface area contributed by atoms with Crippen molar-refractivity contribution in [3.8, 4) is 11.5 Å². The lowest BCUT2D eigenvalue weighted by Gasteiger charge is -2.11. The summed E-state index contributed by atoms with van der Waals surface area (Å²) in [5, 5.41) is 0. The van der Waals surface area contributed by atoms with Crippen LogP contribution in [0.15, 0.2) is 45.3 Å². The van der Waals surface area contributed by atoms with Crippen molar-refractivity contribution in [1.29, 1.82) is 0 Å². The van der Waals surface area contributed by atoms with Crippen LogP contribution in [-0.2, 0) is 6.42 Å². The lowest BCUT2D eigenvalue weighted by Crippen LogP contribution is -2.02. The molecule has 100 valence electrons. The number of hydrogen-bond donors (Lipinski definition) is 1. The Kier molecular flexibility index (Phi) is 5.02. The second-order valence-corrected chi connectivity index (χ2v) is 6.05. The summed E-state index contributed by atoms with van der Waals surface area (Å²) in [5.74, 6) is 1.60. The van der Waals surface area contributed by atoms with Gasteiger partial charge in [0.2, 0.25) is 0 Å². The van der Waals surface area contributed by atoms with Gasteiger partial charge in [-0.05, 0) is 87.1 Å². The second kappa shape index (κ2) is 6.55. The smallest absolute Gasteiger partial charge is 0.141 e.